The predicted molar refractivity (Wildman–Crippen MR) is 91.0 cm³/mol. The highest BCUT2D eigenvalue weighted by Gasteiger charge is 2.17. The molecule has 1 nitrogen and oxygen atoms in total. The van der Waals surface area contributed by atoms with Crippen LogP contribution in [0.25, 0.3) is 0 Å². The van der Waals surface area contributed by atoms with E-state index in [2.05, 4.69) is 54.2 Å². The highest BCUT2D eigenvalue weighted by Crippen LogP contribution is 2.32. The third-order valence-electron chi connectivity index (χ3n) is 3.69. The fraction of sp³-hybridized carbons (Fsp3) is 0.750. The zero-order chi connectivity index (χ0) is 14.1. The van der Waals surface area contributed by atoms with Crippen LogP contribution in [0.1, 0.15) is 70.2 Å². The molecule has 3 heteroatoms. The van der Waals surface area contributed by atoms with Crippen LogP contribution in [0, 0.1) is 5.92 Å². The second-order valence-electron chi connectivity index (χ2n) is 5.30. The minimum Gasteiger partial charge on any atom is -0.309 e. The van der Waals surface area contributed by atoms with Crippen LogP contribution in [-0.4, -0.2) is 6.54 Å². The zero-order valence-corrected chi connectivity index (χ0v) is 14.9. The summed E-state index contributed by atoms with van der Waals surface area (Å²) in [6.45, 7) is 7.98. The van der Waals surface area contributed by atoms with E-state index in [1.54, 1.807) is 0 Å². The molecule has 0 aliphatic carbocycles. The maximum atomic E-state index is 3.73. The standard InChI is InChI=1S/C16H28BrNS/c1-4-7-8-13(6-3)12-14(18-11-5-2)15-9-10-16(17)19-15/h9-10,13-14,18H,4-8,11-12H2,1-3H3. The summed E-state index contributed by atoms with van der Waals surface area (Å²) in [6.07, 6.45) is 7.85. The van der Waals surface area contributed by atoms with Crippen molar-refractivity contribution in [2.45, 2.75) is 65.3 Å². The summed E-state index contributed by atoms with van der Waals surface area (Å²) in [5, 5.41) is 3.73. The molecule has 19 heavy (non-hydrogen) atoms. The van der Waals surface area contributed by atoms with Gasteiger partial charge in [-0.25, -0.2) is 0 Å². The van der Waals surface area contributed by atoms with Crippen molar-refractivity contribution in [2.75, 3.05) is 6.54 Å². The van der Waals surface area contributed by atoms with Gasteiger partial charge in [-0.1, -0.05) is 46.5 Å². The Morgan fingerprint density at radius 1 is 1.21 bits per heavy atom. The maximum Gasteiger partial charge on any atom is 0.0701 e. The maximum absolute atomic E-state index is 3.73. The van der Waals surface area contributed by atoms with Gasteiger partial charge in [0, 0.05) is 10.9 Å². The molecule has 0 amide bonds. The molecule has 0 aliphatic rings. The lowest BCUT2D eigenvalue weighted by Gasteiger charge is -2.23. The fourth-order valence-corrected chi connectivity index (χ4v) is 3.96. The lowest BCUT2D eigenvalue weighted by molar-refractivity contribution is 0.356. The van der Waals surface area contributed by atoms with E-state index in [1.807, 2.05) is 11.3 Å². The molecule has 0 saturated carbocycles. The number of halogens is 1. The van der Waals surface area contributed by atoms with E-state index in [4.69, 9.17) is 0 Å². The van der Waals surface area contributed by atoms with Gasteiger partial charge in [0.2, 0.25) is 0 Å². The molecule has 1 heterocycles. The van der Waals surface area contributed by atoms with Gasteiger partial charge in [0.1, 0.15) is 0 Å². The first-order valence-corrected chi connectivity index (χ1v) is 9.30. The molecule has 2 atom stereocenters. The Hall–Kier alpha value is 0.140. The van der Waals surface area contributed by atoms with E-state index in [9.17, 15) is 0 Å². The molecule has 0 aliphatic heterocycles. The fourth-order valence-electron chi connectivity index (χ4n) is 2.45. The topological polar surface area (TPSA) is 12.0 Å². The Kier molecular flexibility index (Phi) is 9.01. The normalized spacial score (nSPS) is 14.5. The summed E-state index contributed by atoms with van der Waals surface area (Å²) >= 11 is 5.46. The number of hydrogen-bond donors (Lipinski definition) is 1. The van der Waals surface area contributed by atoms with Gasteiger partial charge < -0.3 is 5.32 Å². The van der Waals surface area contributed by atoms with Crippen LogP contribution in [0.3, 0.4) is 0 Å². The number of rotatable bonds is 10. The van der Waals surface area contributed by atoms with Crippen molar-refractivity contribution in [3.05, 3.63) is 20.8 Å². The summed E-state index contributed by atoms with van der Waals surface area (Å²) in [4.78, 5) is 1.48. The molecule has 0 saturated heterocycles. The Balaban J connectivity index is 2.62. The predicted octanol–water partition coefficient (Wildman–Crippen LogP) is 6.16. The molecular weight excluding hydrogens is 318 g/mol. The quantitative estimate of drug-likeness (QED) is 0.535. The minimum absolute atomic E-state index is 0.540. The lowest BCUT2D eigenvalue weighted by atomic mass is 9.91. The van der Waals surface area contributed by atoms with Crippen molar-refractivity contribution >= 4 is 27.3 Å². The number of nitrogens with one attached hydrogen (secondary N) is 1. The average molecular weight is 346 g/mol. The van der Waals surface area contributed by atoms with Gasteiger partial charge >= 0.3 is 0 Å². The monoisotopic (exact) mass is 345 g/mol. The van der Waals surface area contributed by atoms with E-state index in [-0.39, 0.29) is 0 Å². The summed E-state index contributed by atoms with van der Waals surface area (Å²) in [5.41, 5.74) is 0. The first kappa shape index (κ1) is 17.2. The second-order valence-corrected chi connectivity index (χ2v) is 7.80. The molecule has 0 aromatic carbocycles. The molecule has 1 N–H and O–H groups in total. The van der Waals surface area contributed by atoms with Gasteiger partial charge in [0.25, 0.3) is 0 Å². The second kappa shape index (κ2) is 9.95. The first-order chi connectivity index (χ1) is 9.21. The van der Waals surface area contributed by atoms with E-state index >= 15 is 0 Å². The van der Waals surface area contributed by atoms with Crippen LogP contribution in [0.4, 0.5) is 0 Å². The number of unbranched alkanes of at least 4 members (excludes halogenated alkanes) is 1. The third kappa shape index (κ3) is 6.42. The summed E-state index contributed by atoms with van der Waals surface area (Å²) < 4.78 is 1.24. The Labute approximate surface area is 131 Å². The van der Waals surface area contributed by atoms with Gasteiger partial charge in [0.15, 0.2) is 0 Å². The van der Waals surface area contributed by atoms with Crippen LogP contribution >= 0.6 is 27.3 Å². The molecule has 1 aromatic heterocycles. The van der Waals surface area contributed by atoms with Gasteiger partial charge in [0.05, 0.1) is 3.79 Å². The van der Waals surface area contributed by atoms with Gasteiger partial charge in [-0.15, -0.1) is 11.3 Å². The molecule has 2 unspecified atom stereocenters. The van der Waals surface area contributed by atoms with Crippen LogP contribution < -0.4 is 5.32 Å². The lowest BCUT2D eigenvalue weighted by Crippen LogP contribution is -2.23. The van der Waals surface area contributed by atoms with Crippen molar-refractivity contribution in [3.63, 3.8) is 0 Å². The first-order valence-electron chi connectivity index (χ1n) is 7.69. The van der Waals surface area contributed by atoms with Gasteiger partial charge in [-0.2, -0.15) is 0 Å². The van der Waals surface area contributed by atoms with Crippen molar-refractivity contribution in [1.29, 1.82) is 0 Å². The number of thiophene rings is 1. The average Bonchev–Trinajstić information content (AvgIpc) is 2.84. The van der Waals surface area contributed by atoms with Crippen LogP contribution in [0.2, 0.25) is 0 Å². The van der Waals surface area contributed by atoms with Crippen molar-refractivity contribution in [3.8, 4) is 0 Å². The molecular formula is C16H28BrNS. The van der Waals surface area contributed by atoms with Gasteiger partial charge in [-0.05, 0) is 53.4 Å². The molecule has 110 valence electrons. The van der Waals surface area contributed by atoms with Crippen molar-refractivity contribution in [2.24, 2.45) is 5.92 Å². The Bertz CT molecular complexity index is 337. The van der Waals surface area contributed by atoms with Crippen molar-refractivity contribution in [1.82, 2.24) is 5.32 Å². The SMILES string of the molecule is CCCCC(CC)CC(NCCC)c1ccc(Br)s1. The van der Waals surface area contributed by atoms with Crippen LogP contribution in [0.5, 0.6) is 0 Å². The molecule has 0 spiro atoms. The van der Waals surface area contributed by atoms with E-state index in [0.717, 1.165) is 12.5 Å². The van der Waals surface area contributed by atoms with Gasteiger partial charge in [-0.3, -0.25) is 0 Å². The molecule has 1 aromatic rings. The largest absolute Gasteiger partial charge is 0.309 e. The molecule has 0 fully saturated rings. The Morgan fingerprint density at radius 2 is 2.00 bits per heavy atom. The summed E-state index contributed by atoms with van der Waals surface area (Å²) in [6, 6.07) is 4.99. The van der Waals surface area contributed by atoms with Crippen molar-refractivity contribution < 1.29 is 0 Å². The third-order valence-corrected chi connectivity index (χ3v) is 5.43. The Morgan fingerprint density at radius 3 is 2.53 bits per heavy atom. The minimum atomic E-state index is 0.540. The summed E-state index contributed by atoms with van der Waals surface area (Å²) in [7, 11) is 0. The van der Waals surface area contributed by atoms with E-state index < -0.39 is 0 Å². The molecule has 0 radical (unpaired) electrons. The molecule has 0 bridgehead atoms. The smallest absolute Gasteiger partial charge is 0.0701 e. The van der Waals surface area contributed by atoms with Crippen LogP contribution in [0.15, 0.2) is 15.9 Å². The van der Waals surface area contributed by atoms with E-state index in [1.165, 1.54) is 47.2 Å². The zero-order valence-electron chi connectivity index (χ0n) is 12.5. The summed E-state index contributed by atoms with van der Waals surface area (Å²) in [5.74, 6) is 0.857. The number of hydrogen-bond acceptors (Lipinski definition) is 2. The van der Waals surface area contributed by atoms with Crippen LogP contribution in [-0.2, 0) is 0 Å². The highest BCUT2D eigenvalue weighted by molar-refractivity contribution is 9.11. The highest BCUT2D eigenvalue weighted by atomic mass is 79.9. The van der Waals surface area contributed by atoms with E-state index in [0.29, 0.717) is 6.04 Å². The molecule has 1 rings (SSSR count).